The van der Waals surface area contributed by atoms with Crippen molar-refractivity contribution >= 4 is 0 Å². The number of aryl methyl sites for hydroxylation is 1. The smallest absolute Gasteiger partial charge is 0.115 e. The molecule has 17 heavy (non-hydrogen) atoms. The Morgan fingerprint density at radius 2 is 2.06 bits per heavy atom. The van der Waals surface area contributed by atoms with Crippen molar-refractivity contribution in [1.82, 2.24) is 9.55 Å². The molecule has 1 atom stereocenters. The molecule has 0 spiro atoms. The molecule has 0 saturated heterocycles. The summed E-state index contributed by atoms with van der Waals surface area (Å²) in [5, 5.41) is 9.26. The molecule has 0 bridgehead atoms. The van der Waals surface area contributed by atoms with Gasteiger partial charge in [-0.25, -0.2) is 4.98 Å². The maximum Gasteiger partial charge on any atom is 0.115 e. The normalized spacial score (nSPS) is 19.0. The summed E-state index contributed by atoms with van der Waals surface area (Å²) in [6.07, 6.45) is 5.17. The summed E-state index contributed by atoms with van der Waals surface area (Å²) in [5.74, 6) is 1.33. The highest BCUT2D eigenvalue weighted by Crippen LogP contribution is 2.26. The average Bonchev–Trinajstić information content (AvgIpc) is 2.75. The molecular formula is C13H15N3O. The van der Waals surface area contributed by atoms with Crippen LogP contribution in [0.1, 0.15) is 24.8 Å². The number of benzene rings is 1. The van der Waals surface area contributed by atoms with E-state index in [0.29, 0.717) is 0 Å². The first-order chi connectivity index (χ1) is 8.24. The monoisotopic (exact) mass is 229 g/mol. The van der Waals surface area contributed by atoms with Crippen LogP contribution >= 0.6 is 0 Å². The Kier molecular flexibility index (Phi) is 2.37. The van der Waals surface area contributed by atoms with Crippen LogP contribution in [0.25, 0.3) is 11.3 Å². The molecule has 2 aromatic rings. The summed E-state index contributed by atoms with van der Waals surface area (Å²) in [7, 11) is 0. The predicted molar refractivity (Wildman–Crippen MR) is 65.5 cm³/mol. The second-order valence-electron chi connectivity index (χ2n) is 4.46. The number of nitrogens with zero attached hydrogens (tertiary/aromatic N) is 2. The van der Waals surface area contributed by atoms with Crippen molar-refractivity contribution < 1.29 is 5.11 Å². The molecule has 3 N–H and O–H groups in total. The van der Waals surface area contributed by atoms with Crippen LogP contribution in [0.3, 0.4) is 0 Å². The molecule has 4 heteroatoms. The zero-order chi connectivity index (χ0) is 11.8. The summed E-state index contributed by atoms with van der Waals surface area (Å²) >= 11 is 0. The van der Waals surface area contributed by atoms with E-state index < -0.39 is 0 Å². The first-order valence-corrected chi connectivity index (χ1v) is 5.87. The number of aromatic nitrogens is 2. The van der Waals surface area contributed by atoms with E-state index in [2.05, 4.69) is 9.55 Å². The summed E-state index contributed by atoms with van der Waals surface area (Å²) < 4.78 is 2.06. The van der Waals surface area contributed by atoms with Gasteiger partial charge in [-0.15, -0.1) is 0 Å². The first kappa shape index (κ1) is 10.4. The van der Waals surface area contributed by atoms with Gasteiger partial charge in [0.05, 0.1) is 11.9 Å². The SMILES string of the molecule is NC1CCCc2nc(-c3ccc(O)cc3)cn21. The van der Waals surface area contributed by atoms with E-state index in [-0.39, 0.29) is 11.9 Å². The first-order valence-electron chi connectivity index (χ1n) is 5.87. The fourth-order valence-corrected chi connectivity index (χ4v) is 2.28. The van der Waals surface area contributed by atoms with E-state index in [0.717, 1.165) is 36.3 Å². The molecule has 1 aliphatic rings. The molecule has 0 aliphatic carbocycles. The van der Waals surface area contributed by atoms with E-state index in [4.69, 9.17) is 5.73 Å². The lowest BCUT2D eigenvalue weighted by Gasteiger charge is -2.20. The Hall–Kier alpha value is -1.81. The van der Waals surface area contributed by atoms with Gasteiger partial charge in [-0.05, 0) is 37.1 Å². The van der Waals surface area contributed by atoms with Crippen molar-refractivity contribution in [3.8, 4) is 17.0 Å². The van der Waals surface area contributed by atoms with Crippen LogP contribution in [-0.2, 0) is 6.42 Å². The Labute approximate surface area is 99.7 Å². The standard InChI is InChI=1S/C13H15N3O/c14-12-2-1-3-13-15-11(8-16(12)13)9-4-6-10(17)7-5-9/h4-8,12,17H,1-3,14H2. The molecule has 2 heterocycles. The van der Waals surface area contributed by atoms with Crippen molar-refractivity contribution in [3.63, 3.8) is 0 Å². The third kappa shape index (κ3) is 1.80. The second kappa shape index (κ2) is 3.89. The minimum Gasteiger partial charge on any atom is -0.508 e. The molecule has 0 fully saturated rings. The summed E-state index contributed by atoms with van der Waals surface area (Å²) in [6, 6.07) is 7.09. The number of aromatic hydroxyl groups is 1. The van der Waals surface area contributed by atoms with Gasteiger partial charge in [0, 0.05) is 18.2 Å². The van der Waals surface area contributed by atoms with Crippen LogP contribution in [-0.4, -0.2) is 14.7 Å². The molecule has 1 aromatic carbocycles. The fraction of sp³-hybridized carbons (Fsp3) is 0.308. The van der Waals surface area contributed by atoms with Crippen molar-refractivity contribution in [2.75, 3.05) is 0 Å². The van der Waals surface area contributed by atoms with Gasteiger partial charge in [-0.1, -0.05) is 0 Å². The summed E-state index contributed by atoms with van der Waals surface area (Å²) in [5.41, 5.74) is 7.98. The van der Waals surface area contributed by atoms with Gasteiger partial charge in [-0.2, -0.15) is 0 Å². The van der Waals surface area contributed by atoms with Crippen molar-refractivity contribution in [2.45, 2.75) is 25.4 Å². The van der Waals surface area contributed by atoms with Crippen molar-refractivity contribution in [2.24, 2.45) is 5.73 Å². The molecule has 3 rings (SSSR count). The molecule has 1 unspecified atom stereocenters. The number of fused-ring (bicyclic) bond motifs is 1. The van der Waals surface area contributed by atoms with Gasteiger partial charge >= 0.3 is 0 Å². The summed E-state index contributed by atoms with van der Waals surface area (Å²) in [4.78, 5) is 4.60. The van der Waals surface area contributed by atoms with Crippen LogP contribution in [0.15, 0.2) is 30.5 Å². The van der Waals surface area contributed by atoms with E-state index in [1.54, 1.807) is 12.1 Å². The third-order valence-electron chi connectivity index (χ3n) is 3.23. The molecule has 0 amide bonds. The fourth-order valence-electron chi connectivity index (χ4n) is 2.28. The lowest BCUT2D eigenvalue weighted by molar-refractivity contribution is 0.408. The molecular weight excluding hydrogens is 214 g/mol. The Bertz CT molecular complexity index is 530. The van der Waals surface area contributed by atoms with Crippen LogP contribution in [0.2, 0.25) is 0 Å². The number of hydrogen-bond acceptors (Lipinski definition) is 3. The van der Waals surface area contributed by atoms with Crippen LogP contribution in [0.4, 0.5) is 0 Å². The van der Waals surface area contributed by atoms with E-state index in [1.807, 2.05) is 18.3 Å². The zero-order valence-corrected chi connectivity index (χ0v) is 9.50. The van der Waals surface area contributed by atoms with Crippen molar-refractivity contribution in [1.29, 1.82) is 0 Å². The molecule has 1 aliphatic heterocycles. The van der Waals surface area contributed by atoms with Crippen LogP contribution in [0, 0.1) is 0 Å². The van der Waals surface area contributed by atoms with Gasteiger partial charge in [0.15, 0.2) is 0 Å². The maximum atomic E-state index is 9.26. The topological polar surface area (TPSA) is 64.1 Å². The average molecular weight is 229 g/mol. The van der Waals surface area contributed by atoms with Crippen molar-refractivity contribution in [3.05, 3.63) is 36.3 Å². The maximum absolute atomic E-state index is 9.26. The van der Waals surface area contributed by atoms with Crippen LogP contribution < -0.4 is 5.73 Å². The Balaban J connectivity index is 2.02. The zero-order valence-electron chi connectivity index (χ0n) is 9.50. The number of hydrogen-bond donors (Lipinski definition) is 2. The molecule has 88 valence electrons. The minimum atomic E-state index is 0.0529. The van der Waals surface area contributed by atoms with Gasteiger partial charge in [0.25, 0.3) is 0 Å². The quantitative estimate of drug-likeness (QED) is 0.786. The third-order valence-corrected chi connectivity index (χ3v) is 3.23. The molecule has 1 aromatic heterocycles. The number of rotatable bonds is 1. The van der Waals surface area contributed by atoms with E-state index >= 15 is 0 Å². The Morgan fingerprint density at radius 3 is 2.76 bits per heavy atom. The largest absolute Gasteiger partial charge is 0.508 e. The highest BCUT2D eigenvalue weighted by atomic mass is 16.3. The summed E-state index contributed by atoms with van der Waals surface area (Å²) in [6.45, 7) is 0. The second-order valence-corrected chi connectivity index (χ2v) is 4.46. The van der Waals surface area contributed by atoms with Crippen LogP contribution in [0.5, 0.6) is 5.75 Å². The lowest BCUT2D eigenvalue weighted by Crippen LogP contribution is -2.24. The lowest BCUT2D eigenvalue weighted by atomic mass is 10.1. The van der Waals surface area contributed by atoms with Gasteiger partial charge in [-0.3, -0.25) is 0 Å². The minimum absolute atomic E-state index is 0.0529. The van der Waals surface area contributed by atoms with E-state index in [1.165, 1.54) is 0 Å². The van der Waals surface area contributed by atoms with Gasteiger partial charge in [0.1, 0.15) is 11.6 Å². The molecule has 4 nitrogen and oxygen atoms in total. The number of imidazole rings is 1. The van der Waals surface area contributed by atoms with Gasteiger partial charge < -0.3 is 15.4 Å². The predicted octanol–water partition coefficient (Wildman–Crippen LogP) is 2.05. The molecule has 0 radical (unpaired) electrons. The van der Waals surface area contributed by atoms with Gasteiger partial charge in [0.2, 0.25) is 0 Å². The highest BCUT2D eigenvalue weighted by molar-refractivity contribution is 5.59. The number of phenolic OH excluding ortho intramolecular Hbond substituents is 1. The highest BCUT2D eigenvalue weighted by Gasteiger charge is 2.18. The Morgan fingerprint density at radius 1 is 1.29 bits per heavy atom. The molecule has 0 saturated carbocycles. The number of nitrogens with two attached hydrogens (primary N) is 1. The van der Waals surface area contributed by atoms with E-state index in [9.17, 15) is 5.11 Å². The number of phenols is 1.